The van der Waals surface area contributed by atoms with E-state index in [9.17, 15) is 29.7 Å². The van der Waals surface area contributed by atoms with Crippen molar-refractivity contribution < 1.29 is 19.2 Å². The summed E-state index contributed by atoms with van der Waals surface area (Å²) in [5, 5.41) is 25.5. The molecular formula is C38H28N4O4. The maximum Gasteiger partial charge on any atom is 0.261 e. The zero-order valence-corrected chi connectivity index (χ0v) is 25.1. The van der Waals surface area contributed by atoms with E-state index in [0.29, 0.717) is 65.3 Å². The van der Waals surface area contributed by atoms with E-state index in [1.54, 1.807) is 24.3 Å². The fourth-order valence-electron chi connectivity index (χ4n) is 9.02. The van der Waals surface area contributed by atoms with E-state index in [4.69, 9.17) is 0 Å². The number of benzene rings is 5. The standard InChI is InChI=1S/C38H28N4O4/c39-17-19-15-27-33-28(38(46)42(37(27)45)22-9-5-2-6-10-22)16-20(18-40)30-24-12-14-26-32-25(13-11-23(31(24)32)29(19)34(30)33)35(43)41(36(26)44)21-7-3-1-4-8-21/h11-16,21-22H,1-10H2. The quantitative estimate of drug-likeness (QED) is 0.118. The highest BCUT2D eigenvalue weighted by molar-refractivity contribution is 6.42. The Morgan fingerprint density at radius 3 is 1.28 bits per heavy atom. The maximum absolute atomic E-state index is 14.1. The van der Waals surface area contributed by atoms with Crippen LogP contribution in [0.4, 0.5) is 0 Å². The highest BCUT2D eigenvalue weighted by Gasteiger charge is 2.42. The minimum Gasteiger partial charge on any atom is -0.271 e. The van der Waals surface area contributed by atoms with E-state index < -0.39 is 11.8 Å². The van der Waals surface area contributed by atoms with E-state index in [1.165, 1.54) is 9.80 Å². The SMILES string of the molecule is N#Cc1cc2c3c(cc(C#N)c4c5ccc6c7c(ccc(c1c34)c75)C(=O)N(C1CCCCC1)C6=O)C(=O)N(C1CCCCC1)C2=O. The smallest absolute Gasteiger partial charge is 0.261 e. The molecule has 2 aliphatic carbocycles. The second-order valence-electron chi connectivity index (χ2n) is 13.3. The first-order valence-electron chi connectivity index (χ1n) is 16.3. The lowest BCUT2D eigenvalue weighted by molar-refractivity contribution is 0.0487. The number of nitriles is 2. The van der Waals surface area contributed by atoms with Gasteiger partial charge < -0.3 is 0 Å². The minimum atomic E-state index is -0.404. The summed E-state index contributed by atoms with van der Waals surface area (Å²) in [6.45, 7) is 0. The second kappa shape index (κ2) is 9.58. The van der Waals surface area contributed by atoms with Crippen LogP contribution in [0.5, 0.6) is 0 Å². The van der Waals surface area contributed by atoms with Crippen molar-refractivity contribution in [2.75, 3.05) is 0 Å². The molecule has 2 fully saturated rings. The molecule has 2 heterocycles. The molecule has 46 heavy (non-hydrogen) atoms. The van der Waals surface area contributed by atoms with Crippen molar-refractivity contribution in [3.8, 4) is 12.1 Å². The highest BCUT2D eigenvalue weighted by Crippen LogP contribution is 2.49. The number of fused-ring (bicyclic) bond motifs is 2. The Hall–Kier alpha value is -5.34. The first-order chi connectivity index (χ1) is 22.4. The number of hydrogen-bond acceptors (Lipinski definition) is 6. The summed E-state index contributed by atoms with van der Waals surface area (Å²) in [4.78, 5) is 59.1. The van der Waals surface area contributed by atoms with Gasteiger partial charge in [0, 0.05) is 50.1 Å². The Morgan fingerprint density at radius 2 is 0.870 bits per heavy atom. The van der Waals surface area contributed by atoms with Crippen LogP contribution in [0.2, 0.25) is 0 Å². The summed E-state index contributed by atoms with van der Waals surface area (Å²) in [5.74, 6) is -1.44. The average Bonchev–Trinajstić information content (AvgIpc) is 3.09. The zero-order valence-electron chi connectivity index (χ0n) is 25.1. The third-order valence-corrected chi connectivity index (χ3v) is 11.0. The molecule has 9 rings (SSSR count). The van der Waals surface area contributed by atoms with Gasteiger partial charge in [-0.2, -0.15) is 10.5 Å². The van der Waals surface area contributed by atoms with Crippen molar-refractivity contribution in [1.29, 1.82) is 10.5 Å². The Kier molecular flexibility index (Phi) is 5.63. The van der Waals surface area contributed by atoms with Crippen LogP contribution in [0, 0.1) is 22.7 Å². The fraction of sp³-hybridized carbons (Fsp3) is 0.316. The van der Waals surface area contributed by atoms with E-state index in [0.717, 1.165) is 64.2 Å². The van der Waals surface area contributed by atoms with Crippen molar-refractivity contribution in [2.45, 2.75) is 76.3 Å². The average molecular weight is 605 g/mol. The summed E-state index contributed by atoms with van der Waals surface area (Å²) in [7, 11) is 0. The van der Waals surface area contributed by atoms with Gasteiger partial charge in [0.2, 0.25) is 0 Å². The molecule has 0 aromatic heterocycles. The lowest BCUT2D eigenvalue weighted by Gasteiger charge is -2.37. The number of nitrogens with zero attached hydrogens (tertiary/aromatic N) is 4. The third kappa shape index (κ3) is 3.31. The second-order valence-corrected chi connectivity index (χ2v) is 13.3. The molecule has 0 bridgehead atoms. The van der Waals surface area contributed by atoms with Crippen LogP contribution in [0.25, 0.3) is 43.1 Å². The van der Waals surface area contributed by atoms with E-state index in [2.05, 4.69) is 12.1 Å². The molecule has 0 atom stereocenters. The zero-order chi connectivity index (χ0) is 31.4. The van der Waals surface area contributed by atoms with Gasteiger partial charge in [0.1, 0.15) is 0 Å². The van der Waals surface area contributed by atoms with Crippen molar-refractivity contribution in [2.24, 2.45) is 0 Å². The van der Waals surface area contributed by atoms with Crippen LogP contribution in [-0.4, -0.2) is 45.5 Å². The van der Waals surface area contributed by atoms with Crippen molar-refractivity contribution in [3.05, 3.63) is 69.8 Å². The lowest BCUT2D eigenvalue weighted by Crippen LogP contribution is -2.48. The minimum absolute atomic E-state index is 0.139. The number of imide groups is 2. The number of carbonyl (C=O) groups excluding carboxylic acids is 4. The number of hydrogen-bond donors (Lipinski definition) is 0. The van der Waals surface area contributed by atoms with Gasteiger partial charge in [-0.25, -0.2) is 0 Å². The molecule has 2 aliphatic heterocycles. The summed E-state index contributed by atoms with van der Waals surface area (Å²) in [6, 6.07) is 14.5. The molecule has 8 nitrogen and oxygen atoms in total. The molecule has 5 aromatic carbocycles. The van der Waals surface area contributed by atoms with E-state index in [1.807, 2.05) is 12.1 Å². The molecule has 0 saturated heterocycles. The largest absolute Gasteiger partial charge is 0.271 e. The Morgan fingerprint density at radius 1 is 0.478 bits per heavy atom. The summed E-state index contributed by atoms with van der Waals surface area (Å²) < 4.78 is 0. The molecule has 8 heteroatoms. The molecule has 0 radical (unpaired) electrons. The lowest BCUT2D eigenvalue weighted by atomic mass is 9.79. The third-order valence-electron chi connectivity index (χ3n) is 11.0. The molecule has 0 unspecified atom stereocenters. The molecule has 5 aromatic rings. The van der Waals surface area contributed by atoms with Crippen molar-refractivity contribution in [3.63, 3.8) is 0 Å². The van der Waals surface area contributed by atoms with Crippen molar-refractivity contribution >= 4 is 66.7 Å². The van der Waals surface area contributed by atoms with E-state index in [-0.39, 0.29) is 35.0 Å². The summed E-state index contributed by atoms with van der Waals surface area (Å²) in [5.41, 5.74) is 1.95. The van der Waals surface area contributed by atoms with Gasteiger partial charge >= 0.3 is 0 Å². The molecule has 224 valence electrons. The highest BCUT2D eigenvalue weighted by atomic mass is 16.2. The van der Waals surface area contributed by atoms with Crippen LogP contribution in [-0.2, 0) is 0 Å². The summed E-state index contributed by atoms with van der Waals surface area (Å²) >= 11 is 0. The van der Waals surface area contributed by atoms with Gasteiger partial charge in [0.15, 0.2) is 0 Å². The molecule has 0 spiro atoms. The van der Waals surface area contributed by atoms with Crippen LogP contribution >= 0.6 is 0 Å². The van der Waals surface area contributed by atoms with Crippen LogP contribution < -0.4 is 0 Å². The number of rotatable bonds is 2. The fourth-order valence-corrected chi connectivity index (χ4v) is 9.02. The van der Waals surface area contributed by atoms with Crippen LogP contribution in [0.15, 0.2) is 36.4 Å². The summed E-state index contributed by atoms with van der Waals surface area (Å²) in [6.07, 6.45) is 9.03. The molecule has 0 N–H and O–H groups in total. The van der Waals surface area contributed by atoms with Gasteiger partial charge in [-0.15, -0.1) is 0 Å². The predicted molar refractivity (Wildman–Crippen MR) is 172 cm³/mol. The molecular weight excluding hydrogens is 576 g/mol. The van der Waals surface area contributed by atoms with Crippen LogP contribution in [0.3, 0.4) is 0 Å². The Labute approximate surface area is 264 Å². The number of carbonyl (C=O) groups is 4. The normalized spacial score (nSPS) is 19.2. The van der Waals surface area contributed by atoms with Gasteiger partial charge in [0.05, 0.1) is 34.4 Å². The van der Waals surface area contributed by atoms with Gasteiger partial charge in [-0.1, -0.05) is 50.7 Å². The number of amides is 4. The van der Waals surface area contributed by atoms with E-state index >= 15 is 0 Å². The van der Waals surface area contributed by atoms with Gasteiger partial charge in [0.25, 0.3) is 23.6 Å². The Balaban J connectivity index is 1.38. The first kappa shape index (κ1) is 27.0. The first-order valence-corrected chi connectivity index (χ1v) is 16.3. The van der Waals surface area contributed by atoms with Crippen LogP contribution in [0.1, 0.15) is 117 Å². The maximum atomic E-state index is 14.1. The predicted octanol–water partition coefficient (Wildman–Crippen LogP) is 7.34. The molecule has 4 amide bonds. The monoisotopic (exact) mass is 604 g/mol. The Bertz CT molecular complexity index is 2210. The topological polar surface area (TPSA) is 122 Å². The van der Waals surface area contributed by atoms with Gasteiger partial charge in [-0.05, 0) is 66.1 Å². The van der Waals surface area contributed by atoms with Crippen molar-refractivity contribution in [1.82, 2.24) is 9.80 Å². The molecule has 4 aliphatic rings. The van der Waals surface area contributed by atoms with Gasteiger partial charge in [-0.3, -0.25) is 29.0 Å². The molecule has 2 saturated carbocycles.